The zero-order chi connectivity index (χ0) is 10.4. The molecule has 0 aromatic heterocycles. The van der Waals surface area contributed by atoms with Crippen LogP contribution in [0.1, 0.15) is 20.3 Å². The van der Waals surface area contributed by atoms with Crippen LogP contribution >= 0.6 is 0 Å². The van der Waals surface area contributed by atoms with Gasteiger partial charge in [0.05, 0.1) is 0 Å². The van der Waals surface area contributed by atoms with Crippen LogP contribution in [-0.2, 0) is 9.59 Å². The van der Waals surface area contributed by atoms with E-state index in [0.29, 0.717) is 6.54 Å². The Morgan fingerprint density at radius 2 is 2.00 bits per heavy atom. The van der Waals surface area contributed by atoms with Gasteiger partial charge in [-0.15, -0.1) is 0 Å². The normalized spacial score (nSPS) is 11.2. The third kappa shape index (κ3) is 4.30. The molecule has 4 nitrogen and oxygen atoms in total. The fourth-order valence-corrected chi connectivity index (χ4v) is 0.803. The van der Waals surface area contributed by atoms with Crippen molar-refractivity contribution in [3.63, 3.8) is 0 Å². The molecule has 4 heteroatoms. The van der Waals surface area contributed by atoms with Crippen molar-refractivity contribution in [1.82, 2.24) is 4.90 Å². The summed E-state index contributed by atoms with van der Waals surface area (Å²) >= 11 is 0. The van der Waals surface area contributed by atoms with Crippen LogP contribution in [0, 0.1) is 0 Å². The Labute approximate surface area is 77.8 Å². The zero-order valence-corrected chi connectivity index (χ0v) is 8.20. The largest absolute Gasteiger partial charge is 0.478 e. The average molecular weight is 185 g/mol. The van der Waals surface area contributed by atoms with E-state index in [0.717, 1.165) is 12.5 Å². The molecular formula is C9H15NO3. The number of hydrogen-bond donors (Lipinski definition) is 1. The van der Waals surface area contributed by atoms with Gasteiger partial charge in [0.15, 0.2) is 0 Å². The maximum Gasteiger partial charge on any atom is 0.331 e. The predicted molar refractivity (Wildman–Crippen MR) is 49.3 cm³/mol. The Bertz CT molecular complexity index is 233. The van der Waals surface area contributed by atoms with Crippen molar-refractivity contribution < 1.29 is 14.7 Å². The van der Waals surface area contributed by atoms with Crippen LogP contribution in [0.15, 0.2) is 11.6 Å². The Kier molecular flexibility index (Phi) is 4.80. The number of rotatable bonds is 4. The van der Waals surface area contributed by atoms with E-state index in [9.17, 15) is 9.59 Å². The van der Waals surface area contributed by atoms with Crippen molar-refractivity contribution >= 4 is 11.9 Å². The molecule has 0 atom stereocenters. The first-order chi connectivity index (χ1) is 5.99. The van der Waals surface area contributed by atoms with Gasteiger partial charge in [-0.1, -0.05) is 6.92 Å². The molecule has 0 aliphatic carbocycles. The number of carboxylic acid groups (broad SMARTS) is 1. The quantitative estimate of drug-likeness (QED) is 0.661. The molecule has 0 unspecified atom stereocenters. The van der Waals surface area contributed by atoms with E-state index in [1.807, 2.05) is 6.92 Å². The van der Waals surface area contributed by atoms with Gasteiger partial charge in [-0.05, 0) is 13.3 Å². The van der Waals surface area contributed by atoms with E-state index in [-0.39, 0.29) is 11.5 Å². The lowest BCUT2D eigenvalue weighted by molar-refractivity contribution is -0.133. The van der Waals surface area contributed by atoms with E-state index in [1.165, 1.54) is 11.8 Å². The molecule has 0 aromatic carbocycles. The molecule has 0 radical (unpaired) electrons. The maximum absolute atomic E-state index is 11.2. The molecule has 0 rings (SSSR count). The summed E-state index contributed by atoms with van der Waals surface area (Å²) in [5.41, 5.74) is 0.0629. The third-order valence-electron chi connectivity index (χ3n) is 1.61. The maximum atomic E-state index is 11.2. The summed E-state index contributed by atoms with van der Waals surface area (Å²) in [4.78, 5) is 23.1. The molecular weight excluding hydrogens is 170 g/mol. The standard InChI is InChI=1S/C9H15NO3/c1-4-5-10(3)8(11)6-7(2)9(12)13/h6H,4-5H2,1-3H3,(H,12,13). The highest BCUT2D eigenvalue weighted by Gasteiger charge is 2.07. The molecule has 1 N–H and O–H groups in total. The summed E-state index contributed by atoms with van der Waals surface area (Å²) < 4.78 is 0. The monoisotopic (exact) mass is 185 g/mol. The Morgan fingerprint density at radius 1 is 1.46 bits per heavy atom. The van der Waals surface area contributed by atoms with Gasteiger partial charge in [0.25, 0.3) is 0 Å². The fourth-order valence-electron chi connectivity index (χ4n) is 0.803. The minimum atomic E-state index is -1.06. The predicted octanol–water partition coefficient (Wildman–Crippen LogP) is 0.886. The summed E-state index contributed by atoms with van der Waals surface area (Å²) in [7, 11) is 1.65. The van der Waals surface area contributed by atoms with Crippen molar-refractivity contribution in [2.45, 2.75) is 20.3 Å². The van der Waals surface area contributed by atoms with Crippen LogP contribution in [0.5, 0.6) is 0 Å². The smallest absolute Gasteiger partial charge is 0.331 e. The Hall–Kier alpha value is -1.32. The van der Waals surface area contributed by atoms with E-state index in [1.54, 1.807) is 7.05 Å². The van der Waals surface area contributed by atoms with Crippen LogP contribution in [0.25, 0.3) is 0 Å². The molecule has 0 aromatic rings. The summed E-state index contributed by atoms with van der Waals surface area (Å²) in [6, 6.07) is 0. The van der Waals surface area contributed by atoms with Crippen molar-refractivity contribution in [3.8, 4) is 0 Å². The lowest BCUT2D eigenvalue weighted by Gasteiger charge is -2.13. The Balaban J connectivity index is 4.28. The van der Waals surface area contributed by atoms with Crippen LogP contribution in [0.2, 0.25) is 0 Å². The molecule has 1 amide bonds. The number of aliphatic carboxylic acids is 1. The highest BCUT2D eigenvalue weighted by Crippen LogP contribution is 1.96. The van der Waals surface area contributed by atoms with Crippen LogP contribution < -0.4 is 0 Å². The van der Waals surface area contributed by atoms with Crippen LogP contribution in [0.4, 0.5) is 0 Å². The molecule has 0 heterocycles. The van der Waals surface area contributed by atoms with E-state index in [4.69, 9.17) is 5.11 Å². The van der Waals surface area contributed by atoms with Gasteiger partial charge in [0.1, 0.15) is 0 Å². The molecule has 0 spiro atoms. The summed E-state index contributed by atoms with van der Waals surface area (Å²) in [6.45, 7) is 4.00. The number of nitrogens with zero attached hydrogens (tertiary/aromatic N) is 1. The Morgan fingerprint density at radius 3 is 2.38 bits per heavy atom. The average Bonchev–Trinajstić information content (AvgIpc) is 2.04. The topological polar surface area (TPSA) is 57.6 Å². The molecule has 0 fully saturated rings. The molecule has 0 aliphatic heterocycles. The molecule has 0 aliphatic rings. The molecule has 0 bridgehead atoms. The molecule has 74 valence electrons. The van der Waals surface area contributed by atoms with Gasteiger partial charge in [0, 0.05) is 25.2 Å². The molecule has 0 saturated heterocycles. The van der Waals surface area contributed by atoms with Gasteiger partial charge < -0.3 is 10.0 Å². The second kappa shape index (κ2) is 5.35. The van der Waals surface area contributed by atoms with Crippen molar-refractivity contribution in [2.75, 3.05) is 13.6 Å². The minimum Gasteiger partial charge on any atom is -0.478 e. The second-order valence-electron chi connectivity index (χ2n) is 2.89. The number of carboxylic acids is 1. The zero-order valence-electron chi connectivity index (χ0n) is 8.20. The van der Waals surface area contributed by atoms with Crippen molar-refractivity contribution in [1.29, 1.82) is 0 Å². The first kappa shape index (κ1) is 11.7. The van der Waals surface area contributed by atoms with Gasteiger partial charge in [0.2, 0.25) is 5.91 Å². The third-order valence-corrected chi connectivity index (χ3v) is 1.61. The molecule has 0 saturated carbocycles. The summed E-state index contributed by atoms with van der Waals surface area (Å²) in [5.74, 6) is -1.32. The SMILES string of the molecule is CCCN(C)C(=O)C=C(C)C(=O)O. The highest BCUT2D eigenvalue weighted by molar-refractivity contribution is 5.97. The van der Waals surface area contributed by atoms with Crippen molar-refractivity contribution in [3.05, 3.63) is 11.6 Å². The number of hydrogen-bond acceptors (Lipinski definition) is 2. The lowest BCUT2D eigenvalue weighted by atomic mass is 10.2. The van der Waals surface area contributed by atoms with Gasteiger partial charge in [-0.3, -0.25) is 4.79 Å². The summed E-state index contributed by atoms with van der Waals surface area (Å²) in [6.07, 6.45) is 2.00. The lowest BCUT2D eigenvalue weighted by Crippen LogP contribution is -2.26. The summed E-state index contributed by atoms with van der Waals surface area (Å²) in [5, 5.41) is 8.50. The van der Waals surface area contributed by atoms with Crippen LogP contribution in [0.3, 0.4) is 0 Å². The number of likely N-dealkylation sites (N-methyl/N-ethyl adjacent to an activating group) is 1. The second-order valence-corrected chi connectivity index (χ2v) is 2.89. The van der Waals surface area contributed by atoms with Crippen molar-refractivity contribution in [2.24, 2.45) is 0 Å². The van der Waals surface area contributed by atoms with E-state index in [2.05, 4.69) is 0 Å². The fraction of sp³-hybridized carbons (Fsp3) is 0.556. The molecule has 13 heavy (non-hydrogen) atoms. The van der Waals surface area contributed by atoms with Gasteiger partial charge in [-0.2, -0.15) is 0 Å². The number of carbonyl (C=O) groups excluding carboxylic acids is 1. The first-order valence-corrected chi connectivity index (χ1v) is 4.15. The highest BCUT2D eigenvalue weighted by atomic mass is 16.4. The van der Waals surface area contributed by atoms with Crippen LogP contribution in [-0.4, -0.2) is 35.5 Å². The van der Waals surface area contributed by atoms with Gasteiger partial charge >= 0.3 is 5.97 Å². The van der Waals surface area contributed by atoms with Gasteiger partial charge in [-0.25, -0.2) is 4.79 Å². The van der Waals surface area contributed by atoms with E-state index >= 15 is 0 Å². The first-order valence-electron chi connectivity index (χ1n) is 4.15. The minimum absolute atomic E-state index is 0.0629. The van der Waals surface area contributed by atoms with E-state index < -0.39 is 5.97 Å². The number of amides is 1. The number of carbonyl (C=O) groups is 2.